The third-order valence-corrected chi connectivity index (χ3v) is 1.70. The Morgan fingerprint density at radius 1 is 1.31 bits per heavy atom. The molecule has 66 valence electrons. The maximum atomic E-state index is 11.5. The SMILES string of the molecule is CON(C)C([O-])c1ccccc1.[Li+]. The van der Waals surface area contributed by atoms with E-state index in [4.69, 9.17) is 4.84 Å². The van der Waals surface area contributed by atoms with Crippen LogP contribution in [0.3, 0.4) is 0 Å². The van der Waals surface area contributed by atoms with E-state index >= 15 is 0 Å². The molecule has 0 fully saturated rings. The van der Waals surface area contributed by atoms with E-state index in [0.717, 1.165) is 0 Å². The standard InChI is InChI=1S/C9H12NO2.Li/c1-10(12-2)9(11)8-6-4-3-5-7-8;/h3-7,9H,1-2H3;/q-1;+1. The van der Waals surface area contributed by atoms with Crippen LogP contribution in [0.1, 0.15) is 11.8 Å². The Labute approximate surface area is 90.4 Å². The molecule has 1 unspecified atom stereocenters. The van der Waals surface area contributed by atoms with Gasteiger partial charge in [0.1, 0.15) is 0 Å². The number of rotatable bonds is 3. The average molecular weight is 173 g/mol. The Hall–Kier alpha value is -0.303. The van der Waals surface area contributed by atoms with Gasteiger partial charge in [0.05, 0.1) is 7.11 Å². The summed E-state index contributed by atoms with van der Waals surface area (Å²) < 4.78 is 0. The van der Waals surface area contributed by atoms with Gasteiger partial charge in [0, 0.05) is 7.05 Å². The average Bonchev–Trinajstić information content (AvgIpc) is 2.17. The molecular formula is C9H12LiNO2. The molecule has 0 N–H and O–H groups in total. The molecule has 0 amide bonds. The summed E-state index contributed by atoms with van der Waals surface area (Å²) in [6, 6.07) is 9.12. The molecule has 0 aliphatic rings. The Morgan fingerprint density at radius 3 is 2.31 bits per heavy atom. The normalized spacial score (nSPS) is 12.3. The van der Waals surface area contributed by atoms with Gasteiger partial charge in [-0.2, -0.15) is 0 Å². The number of hydrogen-bond donors (Lipinski definition) is 0. The molecule has 1 atom stereocenters. The molecule has 0 saturated heterocycles. The van der Waals surface area contributed by atoms with E-state index in [1.807, 2.05) is 18.2 Å². The van der Waals surface area contributed by atoms with Gasteiger partial charge in [-0.05, 0) is 11.8 Å². The Bertz CT molecular complexity index is 230. The fourth-order valence-electron chi connectivity index (χ4n) is 0.923. The van der Waals surface area contributed by atoms with E-state index in [2.05, 4.69) is 0 Å². The topological polar surface area (TPSA) is 35.5 Å². The fraction of sp³-hybridized carbons (Fsp3) is 0.333. The Balaban J connectivity index is 0.00000144. The zero-order valence-corrected chi connectivity index (χ0v) is 8.23. The zero-order chi connectivity index (χ0) is 8.97. The van der Waals surface area contributed by atoms with Gasteiger partial charge in [0.2, 0.25) is 0 Å². The van der Waals surface area contributed by atoms with Gasteiger partial charge in [-0.3, -0.25) is 0 Å². The maximum Gasteiger partial charge on any atom is 1.00 e. The molecule has 3 nitrogen and oxygen atoms in total. The van der Waals surface area contributed by atoms with E-state index in [1.165, 1.54) is 12.2 Å². The molecule has 1 aromatic rings. The monoisotopic (exact) mass is 173 g/mol. The van der Waals surface area contributed by atoms with Crippen LogP contribution in [0.5, 0.6) is 0 Å². The minimum absolute atomic E-state index is 0. The summed E-state index contributed by atoms with van der Waals surface area (Å²) >= 11 is 0. The summed E-state index contributed by atoms with van der Waals surface area (Å²) in [5.41, 5.74) is 0.710. The van der Waals surface area contributed by atoms with Crippen molar-refractivity contribution in [1.29, 1.82) is 0 Å². The predicted molar refractivity (Wildman–Crippen MR) is 44.0 cm³/mol. The first-order valence-electron chi connectivity index (χ1n) is 3.73. The zero-order valence-electron chi connectivity index (χ0n) is 8.23. The molecule has 0 aliphatic heterocycles. The van der Waals surface area contributed by atoms with Crippen molar-refractivity contribution in [1.82, 2.24) is 5.06 Å². The van der Waals surface area contributed by atoms with Crippen LogP contribution < -0.4 is 24.0 Å². The fourth-order valence-corrected chi connectivity index (χ4v) is 0.923. The summed E-state index contributed by atoms with van der Waals surface area (Å²) in [6.45, 7) is 0. The van der Waals surface area contributed by atoms with Gasteiger partial charge in [0.25, 0.3) is 0 Å². The van der Waals surface area contributed by atoms with Crippen LogP contribution in [0.15, 0.2) is 30.3 Å². The van der Waals surface area contributed by atoms with Crippen molar-refractivity contribution in [3.8, 4) is 0 Å². The molecule has 0 spiro atoms. The molecule has 0 saturated carbocycles. The van der Waals surface area contributed by atoms with Crippen molar-refractivity contribution in [3.63, 3.8) is 0 Å². The van der Waals surface area contributed by atoms with Crippen molar-refractivity contribution in [2.45, 2.75) is 6.23 Å². The minimum Gasteiger partial charge on any atom is -0.835 e. The minimum atomic E-state index is -0.948. The quantitative estimate of drug-likeness (QED) is 0.289. The summed E-state index contributed by atoms with van der Waals surface area (Å²) in [7, 11) is 3.10. The summed E-state index contributed by atoms with van der Waals surface area (Å²) in [4.78, 5) is 4.79. The first-order chi connectivity index (χ1) is 5.75. The Kier molecular flexibility index (Phi) is 6.05. The largest absolute Gasteiger partial charge is 1.00 e. The predicted octanol–water partition coefficient (Wildman–Crippen LogP) is -2.46. The molecule has 0 heterocycles. The van der Waals surface area contributed by atoms with Crippen molar-refractivity contribution in [3.05, 3.63) is 35.9 Å². The number of nitrogens with zero attached hydrogens (tertiary/aromatic N) is 1. The van der Waals surface area contributed by atoms with Gasteiger partial charge in [-0.15, -0.1) is 0 Å². The Morgan fingerprint density at radius 2 is 1.85 bits per heavy atom. The van der Waals surface area contributed by atoms with E-state index in [-0.39, 0.29) is 18.9 Å². The summed E-state index contributed by atoms with van der Waals surface area (Å²) in [6.07, 6.45) is -0.948. The van der Waals surface area contributed by atoms with Gasteiger partial charge < -0.3 is 9.94 Å². The van der Waals surface area contributed by atoms with E-state index in [9.17, 15) is 5.11 Å². The van der Waals surface area contributed by atoms with Crippen LogP contribution in [0.25, 0.3) is 0 Å². The number of hydroxylamine groups is 2. The second kappa shape index (κ2) is 6.20. The molecule has 0 radical (unpaired) electrons. The van der Waals surface area contributed by atoms with Gasteiger partial charge in [-0.1, -0.05) is 30.3 Å². The smallest absolute Gasteiger partial charge is 0.835 e. The maximum absolute atomic E-state index is 11.5. The molecule has 1 aromatic carbocycles. The summed E-state index contributed by atoms with van der Waals surface area (Å²) in [5.74, 6) is 0. The molecule has 1 rings (SSSR count). The van der Waals surface area contributed by atoms with Gasteiger partial charge >= 0.3 is 18.9 Å². The molecular weight excluding hydrogens is 161 g/mol. The third-order valence-electron chi connectivity index (χ3n) is 1.70. The van der Waals surface area contributed by atoms with Crippen LogP contribution in [0.2, 0.25) is 0 Å². The van der Waals surface area contributed by atoms with Crippen LogP contribution in [-0.4, -0.2) is 19.2 Å². The first kappa shape index (κ1) is 12.7. The number of hydrogen-bond acceptors (Lipinski definition) is 3. The third kappa shape index (κ3) is 3.51. The molecule has 0 aliphatic carbocycles. The van der Waals surface area contributed by atoms with Crippen LogP contribution in [-0.2, 0) is 4.84 Å². The van der Waals surface area contributed by atoms with E-state index in [1.54, 1.807) is 19.2 Å². The molecule has 0 bridgehead atoms. The molecule has 0 aromatic heterocycles. The van der Waals surface area contributed by atoms with Gasteiger partial charge in [-0.25, -0.2) is 5.06 Å². The summed E-state index contributed by atoms with van der Waals surface area (Å²) in [5, 5.41) is 12.7. The van der Waals surface area contributed by atoms with Crippen molar-refractivity contribution in [2.75, 3.05) is 14.2 Å². The molecule has 13 heavy (non-hydrogen) atoms. The van der Waals surface area contributed by atoms with E-state index in [0.29, 0.717) is 5.56 Å². The van der Waals surface area contributed by atoms with Crippen LogP contribution in [0.4, 0.5) is 0 Å². The van der Waals surface area contributed by atoms with E-state index < -0.39 is 6.23 Å². The first-order valence-corrected chi connectivity index (χ1v) is 3.73. The van der Waals surface area contributed by atoms with Gasteiger partial charge in [0.15, 0.2) is 0 Å². The second-order valence-electron chi connectivity index (χ2n) is 2.49. The second-order valence-corrected chi connectivity index (χ2v) is 2.49. The van der Waals surface area contributed by atoms with Crippen LogP contribution >= 0.6 is 0 Å². The van der Waals surface area contributed by atoms with Crippen molar-refractivity contribution >= 4 is 0 Å². The van der Waals surface area contributed by atoms with Crippen LogP contribution in [0, 0.1) is 0 Å². The number of benzene rings is 1. The molecule has 4 heteroatoms. The van der Waals surface area contributed by atoms with Crippen molar-refractivity contribution in [2.24, 2.45) is 0 Å². The van der Waals surface area contributed by atoms with Crippen molar-refractivity contribution < 1.29 is 28.8 Å².